The van der Waals surface area contributed by atoms with Crippen molar-refractivity contribution in [1.29, 1.82) is 0 Å². The third-order valence-corrected chi connectivity index (χ3v) is 5.48. The van der Waals surface area contributed by atoms with Crippen LogP contribution in [0.1, 0.15) is 27.8 Å². The molecule has 0 fully saturated rings. The maximum atomic E-state index is 13.1. The van der Waals surface area contributed by atoms with Crippen LogP contribution < -0.4 is 0 Å². The van der Waals surface area contributed by atoms with Gasteiger partial charge >= 0.3 is 6.18 Å². The van der Waals surface area contributed by atoms with Crippen molar-refractivity contribution in [2.75, 3.05) is 0 Å². The molecular weight excluding hydrogens is 385 g/mol. The zero-order chi connectivity index (χ0) is 20.9. The van der Waals surface area contributed by atoms with Gasteiger partial charge in [-0.1, -0.05) is 48.5 Å². The van der Waals surface area contributed by atoms with Gasteiger partial charge in [-0.05, 0) is 36.2 Å². The number of fused-ring (bicyclic) bond motifs is 2. The van der Waals surface area contributed by atoms with Gasteiger partial charge in [-0.2, -0.15) is 13.2 Å². The standard InChI is InChI=1S/C25H17F3N2/c1-15-5-4-7-19-21(14-30-24(15)19)23(16-9-11-17(12-10-16)25(26,27)28)20-13-29-22-8-3-2-6-18(20)22/h2-14,29H,1H3. The first-order valence-corrected chi connectivity index (χ1v) is 9.56. The number of nitrogens with one attached hydrogen (secondary N) is 1. The monoisotopic (exact) mass is 402 g/mol. The number of aryl methyl sites for hydroxylation is 1. The van der Waals surface area contributed by atoms with Crippen LogP contribution in [-0.4, -0.2) is 11.2 Å². The van der Waals surface area contributed by atoms with Crippen molar-refractivity contribution >= 4 is 34.0 Å². The molecule has 0 amide bonds. The van der Waals surface area contributed by atoms with Crippen LogP contribution in [0.5, 0.6) is 0 Å². The number of allylic oxidation sites excluding steroid dienone is 1. The number of aromatic amines is 1. The van der Waals surface area contributed by atoms with Crippen molar-refractivity contribution < 1.29 is 13.2 Å². The highest BCUT2D eigenvalue weighted by molar-refractivity contribution is 6.28. The summed E-state index contributed by atoms with van der Waals surface area (Å²) in [5.74, 6) is 0. The van der Waals surface area contributed by atoms with E-state index >= 15 is 0 Å². The molecule has 3 aromatic carbocycles. The average molecular weight is 402 g/mol. The van der Waals surface area contributed by atoms with Crippen LogP contribution in [-0.2, 0) is 6.18 Å². The number of para-hydroxylation sites is 2. The minimum atomic E-state index is -4.37. The fourth-order valence-corrected chi connectivity index (χ4v) is 4.01. The molecule has 0 aliphatic carbocycles. The zero-order valence-electron chi connectivity index (χ0n) is 16.1. The van der Waals surface area contributed by atoms with Crippen molar-refractivity contribution in [2.24, 2.45) is 4.99 Å². The summed E-state index contributed by atoms with van der Waals surface area (Å²) in [7, 11) is 0. The average Bonchev–Trinajstić information content (AvgIpc) is 3.34. The lowest BCUT2D eigenvalue weighted by Crippen LogP contribution is -2.04. The smallest absolute Gasteiger partial charge is 0.361 e. The summed E-state index contributed by atoms with van der Waals surface area (Å²) in [6.07, 6.45) is -0.649. The van der Waals surface area contributed by atoms with E-state index in [1.165, 1.54) is 12.1 Å². The molecule has 1 aliphatic rings. The van der Waals surface area contributed by atoms with E-state index in [2.05, 4.69) is 9.98 Å². The van der Waals surface area contributed by atoms with Gasteiger partial charge in [-0.3, -0.25) is 4.99 Å². The number of benzene rings is 3. The lowest BCUT2D eigenvalue weighted by Gasteiger charge is -2.14. The summed E-state index contributed by atoms with van der Waals surface area (Å²) in [6.45, 7) is 2.00. The lowest BCUT2D eigenvalue weighted by atomic mass is 9.89. The van der Waals surface area contributed by atoms with Gasteiger partial charge in [0, 0.05) is 45.6 Å². The number of aromatic nitrogens is 1. The van der Waals surface area contributed by atoms with Crippen molar-refractivity contribution in [2.45, 2.75) is 13.1 Å². The number of rotatable bonds is 2. The first-order chi connectivity index (χ1) is 14.4. The van der Waals surface area contributed by atoms with Crippen LogP contribution in [0.25, 0.3) is 22.0 Å². The number of hydrogen-bond acceptors (Lipinski definition) is 1. The molecule has 1 aromatic heterocycles. The molecule has 0 unspecified atom stereocenters. The van der Waals surface area contributed by atoms with E-state index in [4.69, 9.17) is 0 Å². The number of nitrogens with zero attached hydrogens (tertiary/aromatic N) is 1. The Balaban J connectivity index is 1.79. The Bertz CT molecular complexity index is 1320. The second-order valence-electron chi connectivity index (χ2n) is 7.34. The van der Waals surface area contributed by atoms with E-state index in [1.807, 2.05) is 61.8 Å². The number of hydrogen-bond donors (Lipinski definition) is 1. The summed E-state index contributed by atoms with van der Waals surface area (Å²) in [6, 6.07) is 19.2. The Labute approximate surface area is 171 Å². The Morgan fingerprint density at radius 3 is 2.43 bits per heavy atom. The molecule has 0 radical (unpaired) electrons. The summed E-state index contributed by atoms with van der Waals surface area (Å²) in [5, 5.41) is 1.01. The van der Waals surface area contributed by atoms with Crippen LogP contribution in [0.15, 0.2) is 77.9 Å². The molecule has 0 saturated carbocycles. The van der Waals surface area contributed by atoms with Crippen LogP contribution in [0.4, 0.5) is 18.9 Å². The van der Waals surface area contributed by atoms with Gasteiger partial charge in [0.15, 0.2) is 0 Å². The summed E-state index contributed by atoms with van der Waals surface area (Å²) < 4.78 is 39.3. The minimum Gasteiger partial charge on any atom is -0.361 e. The first kappa shape index (κ1) is 18.4. The van der Waals surface area contributed by atoms with Crippen molar-refractivity contribution in [3.05, 3.63) is 101 Å². The number of alkyl halides is 3. The molecule has 1 aliphatic heterocycles. The van der Waals surface area contributed by atoms with Gasteiger partial charge in [0.25, 0.3) is 0 Å². The van der Waals surface area contributed by atoms with Crippen LogP contribution in [0.2, 0.25) is 0 Å². The maximum absolute atomic E-state index is 13.1. The molecule has 5 heteroatoms. The summed E-state index contributed by atoms with van der Waals surface area (Å²) >= 11 is 0. The molecule has 2 heterocycles. The lowest BCUT2D eigenvalue weighted by molar-refractivity contribution is -0.137. The normalized spacial score (nSPS) is 14.9. The topological polar surface area (TPSA) is 28.1 Å². The zero-order valence-corrected chi connectivity index (χ0v) is 16.1. The van der Waals surface area contributed by atoms with Crippen molar-refractivity contribution in [3.63, 3.8) is 0 Å². The van der Waals surface area contributed by atoms with E-state index in [-0.39, 0.29) is 0 Å². The van der Waals surface area contributed by atoms with Crippen molar-refractivity contribution in [3.8, 4) is 0 Å². The van der Waals surface area contributed by atoms with E-state index < -0.39 is 11.7 Å². The largest absolute Gasteiger partial charge is 0.416 e. The highest BCUT2D eigenvalue weighted by atomic mass is 19.4. The third kappa shape index (κ3) is 2.94. The van der Waals surface area contributed by atoms with E-state index in [9.17, 15) is 13.2 Å². The van der Waals surface area contributed by atoms with Crippen LogP contribution >= 0.6 is 0 Å². The van der Waals surface area contributed by atoms with E-state index in [0.717, 1.165) is 56.6 Å². The Morgan fingerprint density at radius 2 is 1.67 bits per heavy atom. The predicted molar refractivity (Wildman–Crippen MR) is 115 cm³/mol. The molecule has 0 saturated heterocycles. The van der Waals surface area contributed by atoms with E-state index in [0.29, 0.717) is 5.56 Å². The molecule has 0 atom stereocenters. The second-order valence-corrected chi connectivity index (χ2v) is 7.34. The molecule has 1 N–H and O–H groups in total. The molecule has 5 rings (SSSR count). The van der Waals surface area contributed by atoms with Crippen molar-refractivity contribution in [1.82, 2.24) is 4.98 Å². The first-order valence-electron chi connectivity index (χ1n) is 9.56. The van der Waals surface area contributed by atoms with Gasteiger partial charge < -0.3 is 4.98 Å². The minimum absolute atomic E-state index is 0.661. The molecule has 0 bridgehead atoms. The highest BCUT2D eigenvalue weighted by Crippen LogP contribution is 2.42. The quantitative estimate of drug-likeness (QED) is 0.368. The van der Waals surface area contributed by atoms with Gasteiger partial charge in [0.2, 0.25) is 0 Å². The molecule has 0 spiro atoms. The Kier molecular flexibility index (Phi) is 4.13. The molecular formula is C25H17F3N2. The van der Waals surface area contributed by atoms with Gasteiger partial charge in [0.1, 0.15) is 0 Å². The SMILES string of the molecule is Cc1cccc2c1N=CC2=C(c1ccc(C(F)(F)F)cc1)c1c[nH]c2ccccc12. The van der Waals surface area contributed by atoms with Crippen LogP contribution in [0.3, 0.4) is 0 Å². The molecule has 30 heavy (non-hydrogen) atoms. The number of halogens is 3. The van der Waals surface area contributed by atoms with E-state index in [1.54, 1.807) is 0 Å². The molecule has 2 nitrogen and oxygen atoms in total. The Hall–Kier alpha value is -3.60. The summed E-state index contributed by atoms with van der Waals surface area (Å²) in [4.78, 5) is 7.87. The molecule has 148 valence electrons. The molecule has 4 aromatic rings. The third-order valence-electron chi connectivity index (χ3n) is 5.48. The van der Waals surface area contributed by atoms with Crippen LogP contribution in [0, 0.1) is 6.92 Å². The van der Waals surface area contributed by atoms with Gasteiger partial charge in [-0.25, -0.2) is 0 Å². The fraction of sp³-hybridized carbons (Fsp3) is 0.0800. The second kappa shape index (κ2) is 6.73. The number of aliphatic imine (C=N–C) groups is 1. The number of H-pyrrole nitrogens is 1. The van der Waals surface area contributed by atoms with Gasteiger partial charge in [0.05, 0.1) is 11.3 Å². The predicted octanol–water partition coefficient (Wildman–Crippen LogP) is 7.17. The summed E-state index contributed by atoms with van der Waals surface area (Å²) in [5.41, 5.74) is 6.65. The maximum Gasteiger partial charge on any atom is 0.416 e. The Morgan fingerprint density at radius 1 is 0.900 bits per heavy atom. The highest BCUT2D eigenvalue weighted by Gasteiger charge is 2.30. The fourth-order valence-electron chi connectivity index (χ4n) is 4.01. The van der Waals surface area contributed by atoms with Gasteiger partial charge in [-0.15, -0.1) is 0 Å².